The van der Waals surface area contributed by atoms with E-state index in [1.807, 2.05) is 12.1 Å². The fraction of sp³-hybridized carbons (Fsp3) is 0.533. The normalized spacial score (nSPS) is 15.1. The highest BCUT2D eigenvalue weighted by atomic mass is 16.1. The number of carbonyl (C=O) groups excluding carboxylic acids is 1. The Morgan fingerprint density at radius 2 is 1.88 bits per heavy atom. The zero-order valence-corrected chi connectivity index (χ0v) is 10.9. The topological polar surface area (TPSA) is 20.3 Å². The molecule has 0 aromatic heterocycles. The monoisotopic (exact) mass is 231 g/mol. The van der Waals surface area contributed by atoms with Crippen molar-refractivity contribution in [1.82, 2.24) is 0 Å². The number of nitrogens with zero attached hydrogens (tertiary/aromatic N) is 1. The minimum Gasteiger partial charge on any atom is -0.368 e. The van der Waals surface area contributed by atoms with E-state index in [1.54, 1.807) is 6.92 Å². The Morgan fingerprint density at radius 3 is 2.29 bits per heavy atom. The third-order valence-electron chi connectivity index (χ3n) is 3.15. The lowest BCUT2D eigenvalue weighted by molar-refractivity contribution is 0.101. The van der Waals surface area contributed by atoms with Gasteiger partial charge in [-0.15, -0.1) is 0 Å². The first-order valence-electron chi connectivity index (χ1n) is 6.45. The zero-order chi connectivity index (χ0) is 12.4. The molecule has 0 radical (unpaired) electrons. The maximum Gasteiger partial charge on any atom is 0.159 e. The summed E-state index contributed by atoms with van der Waals surface area (Å²) < 4.78 is 0. The number of benzene rings is 1. The number of Topliss-reactive ketones (excluding diaryl/α,β-unsaturated/α-hetero) is 1. The highest BCUT2D eigenvalue weighted by Crippen LogP contribution is 2.32. The van der Waals surface area contributed by atoms with Gasteiger partial charge < -0.3 is 4.90 Å². The first kappa shape index (κ1) is 12.2. The highest BCUT2D eigenvalue weighted by molar-refractivity contribution is 5.94. The summed E-state index contributed by atoms with van der Waals surface area (Å²) in [6.07, 6.45) is 2.61. The van der Waals surface area contributed by atoms with Crippen molar-refractivity contribution in [2.24, 2.45) is 5.92 Å². The number of hydrogen-bond donors (Lipinski definition) is 0. The predicted octanol–water partition coefficient (Wildman–Crippen LogP) is 3.51. The molecule has 0 amide bonds. The first-order chi connectivity index (χ1) is 8.08. The van der Waals surface area contributed by atoms with Crippen LogP contribution in [0, 0.1) is 5.92 Å². The molecule has 1 aliphatic rings. The number of hydrogen-bond acceptors (Lipinski definition) is 2. The van der Waals surface area contributed by atoms with Crippen molar-refractivity contribution in [1.29, 1.82) is 0 Å². The molecule has 17 heavy (non-hydrogen) atoms. The average molecular weight is 231 g/mol. The van der Waals surface area contributed by atoms with E-state index in [1.165, 1.54) is 18.5 Å². The van der Waals surface area contributed by atoms with Crippen LogP contribution in [-0.4, -0.2) is 18.4 Å². The number of anilines is 1. The number of carbonyl (C=O) groups is 1. The van der Waals surface area contributed by atoms with Crippen molar-refractivity contribution >= 4 is 11.5 Å². The molecule has 0 N–H and O–H groups in total. The molecule has 2 rings (SSSR count). The Bertz CT molecular complexity index is 390. The van der Waals surface area contributed by atoms with Gasteiger partial charge >= 0.3 is 0 Å². The molecular formula is C15H21NO. The summed E-state index contributed by atoms with van der Waals surface area (Å²) in [4.78, 5) is 13.7. The van der Waals surface area contributed by atoms with Crippen molar-refractivity contribution in [2.75, 3.05) is 11.4 Å². The van der Waals surface area contributed by atoms with Gasteiger partial charge in [-0.1, -0.05) is 13.8 Å². The van der Waals surface area contributed by atoms with Crippen molar-refractivity contribution < 1.29 is 4.79 Å². The molecule has 1 aromatic rings. The van der Waals surface area contributed by atoms with E-state index in [4.69, 9.17) is 0 Å². The Hall–Kier alpha value is -1.31. The van der Waals surface area contributed by atoms with Gasteiger partial charge in [-0.05, 0) is 49.9 Å². The standard InChI is InChI=1S/C15H21NO/c1-11(2)10-16(15-8-9-15)14-6-4-13(5-7-14)12(3)17/h4-7,11,15H,8-10H2,1-3H3. The third kappa shape index (κ3) is 3.09. The summed E-state index contributed by atoms with van der Waals surface area (Å²) in [5.74, 6) is 0.807. The Labute approximate surface area is 104 Å². The second kappa shape index (κ2) is 4.91. The van der Waals surface area contributed by atoms with E-state index in [2.05, 4.69) is 30.9 Å². The molecule has 0 aliphatic heterocycles. The first-order valence-corrected chi connectivity index (χ1v) is 6.45. The molecule has 0 spiro atoms. The molecule has 1 fully saturated rings. The molecule has 92 valence electrons. The minimum absolute atomic E-state index is 0.137. The lowest BCUT2D eigenvalue weighted by atomic mass is 10.1. The van der Waals surface area contributed by atoms with Crippen LogP contribution in [0.15, 0.2) is 24.3 Å². The SMILES string of the molecule is CC(=O)c1ccc(N(CC(C)C)C2CC2)cc1. The largest absolute Gasteiger partial charge is 0.368 e. The molecule has 1 aromatic carbocycles. The average Bonchev–Trinajstić information content (AvgIpc) is 3.09. The van der Waals surface area contributed by atoms with Gasteiger partial charge in [0.05, 0.1) is 0 Å². The van der Waals surface area contributed by atoms with Crippen LogP contribution in [0.1, 0.15) is 44.0 Å². The number of ketones is 1. The molecular weight excluding hydrogens is 210 g/mol. The Morgan fingerprint density at radius 1 is 1.29 bits per heavy atom. The predicted molar refractivity (Wildman–Crippen MR) is 71.7 cm³/mol. The van der Waals surface area contributed by atoms with Gasteiger partial charge in [0.25, 0.3) is 0 Å². The van der Waals surface area contributed by atoms with Gasteiger partial charge in [0.2, 0.25) is 0 Å². The second-order valence-corrected chi connectivity index (χ2v) is 5.38. The maximum absolute atomic E-state index is 11.2. The van der Waals surface area contributed by atoms with Crippen LogP contribution in [0.25, 0.3) is 0 Å². The van der Waals surface area contributed by atoms with Gasteiger partial charge in [0.15, 0.2) is 5.78 Å². The van der Waals surface area contributed by atoms with Crippen LogP contribution in [0.3, 0.4) is 0 Å². The van der Waals surface area contributed by atoms with Crippen molar-refractivity contribution in [3.8, 4) is 0 Å². The second-order valence-electron chi connectivity index (χ2n) is 5.38. The van der Waals surface area contributed by atoms with Gasteiger partial charge in [-0.25, -0.2) is 0 Å². The molecule has 0 bridgehead atoms. The highest BCUT2D eigenvalue weighted by Gasteiger charge is 2.29. The zero-order valence-electron chi connectivity index (χ0n) is 10.9. The van der Waals surface area contributed by atoms with E-state index in [0.717, 1.165) is 18.2 Å². The minimum atomic E-state index is 0.137. The summed E-state index contributed by atoms with van der Waals surface area (Å²) >= 11 is 0. The molecule has 1 aliphatic carbocycles. The molecule has 2 heteroatoms. The lowest BCUT2D eigenvalue weighted by Gasteiger charge is -2.26. The summed E-state index contributed by atoms with van der Waals surface area (Å²) in [6, 6.07) is 8.76. The van der Waals surface area contributed by atoms with Crippen LogP contribution in [0.4, 0.5) is 5.69 Å². The fourth-order valence-electron chi connectivity index (χ4n) is 2.13. The molecule has 0 atom stereocenters. The van der Waals surface area contributed by atoms with Crippen LogP contribution >= 0.6 is 0 Å². The summed E-state index contributed by atoms with van der Waals surface area (Å²) in [5, 5.41) is 0. The molecule has 0 unspecified atom stereocenters. The van der Waals surface area contributed by atoms with Crippen molar-refractivity contribution in [2.45, 2.75) is 39.7 Å². The summed E-state index contributed by atoms with van der Waals surface area (Å²) in [5.41, 5.74) is 2.06. The molecule has 0 saturated heterocycles. The van der Waals surface area contributed by atoms with Crippen LogP contribution in [-0.2, 0) is 0 Å². The van der Waals surface area contributed by atoms with Crippen molar-refractivity contribution in [3.05, 3.63) is 29.8 Å². The maximum atomic E-state index is 11.2. The van der Waals surface area contributed by atoms with Gasteiger partial charge in [0, 0.05) is 23.8 Å². The van der Waals surface area contributed by atoms with E-state index in [-0.39, 0.29) is 5.78 Å². The molecule has 2 nitrogen and oxygen atoms in total. The van der Waals surface area contributed by atoms with Crippen LogP contribution in [0.5, 0.6) is 0 Å². The van der Waals surface area contributed by atoms with Crippen LogP contribution < -0.4 is 4.90 Å². The van der Waals surface area contributed by atoms with Crippen molar-refractivity contribution in [3.63, 3.8) is 0 Å². The third-order valence-corrected chi connectivity index (χ3v) is 3.15. The smallest absolute Gasteiger partial charge is 0.159 e. The van der Waals surface area contributed by atoms with Gasteiger partial charge in [-0.3, -0.25) is 4.79 Å². The Kier molecular flexibility index (Phi) is 3.51. The van der Waals surface area contributed by atoms with E-state index in [0.29, 0.717) is 5.92 Å². The quantitative estimate of drug-likeness (QED) is 0.723. The Balaban J connectivity index is 2.15. The van der Waals surface area contributed by atoms with E-state index >= 15 is 0 Å². The lowest BCUT2D eigenvalue weighted by Crippen LogP contribution is -2.29. The van der Waals surface area contributed by atoms with E-state index in [9.17, 15) is 4.79 Å². The summed E-state index contributed by atoms with van der Waals surface area (Å²) in [7, 11) is 0. The molecule has 1 saturated carbocycles. The van der Waals surface area contributed by atoms with Gasteiger partial charge in [-0.2, -0.15) is 0 Å². The van der Waals surface area contributed by atoms with Gasteiger partial charge in [0.1, 0.15) is 0 Å². The molecule has 0 heterocycles. The summed E-state index contributed by atoms with van der Waals surface area (Å²) in [6.45, 7) is 7.21. The van der Waals surface area contributed by atoms with Crippen LogP contribution in [0.2, 0.25) is 0 Å². The number of rotatable bonds is 5. The fourth-order valence-corrected chi connectivity index (χ4v) is 2.13. The van der Waals surface area contributed by atoms with E-state index < -0.39 is 0 Å².